The van der Waals surface area contributed by atoms with Crippen LogP contribution in [0, 0.1) is 11.7 Å². The van der Waals surface area contributed by atoms with Crippen LogP contribution in [0.4, 0.5) is 4.39 Å². The lowest BCUT2D eigenvalue weighted by Crippen LogP contribution is -2.38. The molecule has 122 valence electrons. The van der Waals surface area contributed by atoms with Crippen molar-refractivity contribution in [2.75, 3.05) is 6.54 Å². The molecule has 1 fully saturated rings. The molecule has 0 spiro atoms. The first kappa shape index (κ1) is 17.1. The lowest BCUT2D eigenvalue weighted by atomic mass is 9.89. The molecule has 0 aliphatic heterocycles. The fraction of sp³-hybridized carbons (Fsp3) is 0.588. The van der Waals surface area contributed by atoms with E-state index in [0.29, 0.717) is 18.0 Å². The molecule has 5 heteroatoms. The fourth-order valence-corrected chi connectivity index (χ4v) is 3.91. The second-order valence-electron chi connectivity index (χ2n) is 6.01. The number of hydrogen-bond acceptors (Lipinski definition) is 2. The highest BCUT2D eigenvalue weighted by molar-refractivity contribution is 7.85. The SMILES string of the molecule is CC(C(=O)NCC1CCCCC1)S(=O)Cc1ccccc1F. The fourth-order valence-electron chi connectivity index (χ4n) is 2.79. The quantitative estimate of drug-likeness (QED) is 0.873. The Labute approximate surface area is 134 Å². The molecule has 2 atom stereocenters. The molecule has 3 nitrogen and oxygen atoms in total. The normalized spacial score (nSPS) is 18.6. The third-order valence-electron chi connectivity index (χ3n) is 4.31. The van der Waals surface area contributed by atoms with Crippen molar-refractivity contribution >= 4 is 16.7 Å². The van der Waals surface area contributed by atoms with Crippen LogP contribution in [0.15, 0.2) is 24.3 Å². The van der Waals surface area contributed by atoms with Crippen LogP contribution in [0.2, 0.25) is 0 Å². The van der Waals surface area contributed by atoms with Gasteiger partial charge in [0.2, 0.25) is 5.91 Å². The summed E-state index contributed by atoms with van der Waals surface area (Å²) >= 11 is 0. The molecule has 0 aromatic heterocycles. The minimum atomic E-state index is -1.41. The average Bonchev–Trinajstić information content (AvgIpc) is 2.55. The molecular formula is C17H24FNO2S. The number of nitrogens with one attached hydrogen (secondary N) is 1. The van der Waals surface area contributed by atoms with Crippen LogP contribution in [0.1, 0.15) is 44.6 Å². The van der Waals surface area contributed by atoms with Crippen LogP contribution >= 0.6 is 0 Å². The highest BCUT2D eigenvalue weighted by Gasteiger charge is 2.22. The number of rotatable bonds is 6. The van der Waals surface area contributed by atoms with Crippen LogP contribution in [-0.2, 0) is 21.3 Å². The Morgan fingerprint density at radius 3 is 2.68 bits per heavy atom. The summed E-state index contributed by atoms with van der Waals surface area (Å²) in [6, 6.07) is 6.27. The van der Waals surface area contributed by atoms with Crippen molar-refractivity contribution in [3.8, 4) is 0 Å². The number of hydrogen-bond donors (Lipinski definition) is 1. The third kappa shape index (κ3) is 4.90. The summed E-state index contributed by atoms with van der Waals surface area (Å²) in [5, 5.41) is 2.29. The molecule has 2 rings (SSSR count). The van der Waals surface area contributed by atoms with Crippen LogP contribution in [-0.4, -0.2) is 21.9 Å². The van der Waals surface area contributed by atoms with Gasteiger partial charge in [-0.2, -0.15) is 0 Å². The Balaban J connectivity index is 1.81. The number of carbonyl (C=O) groups excluding carboxylic acids is 1. The van der Waals surface area contributed by atoms with E-state index in [0.717, 1.165) is 12.8 Å². The van der Waals surface area contributed by atoms with Gasteiger partial charge in [-0.1, -0.05) is 37.5 Å². The van der Waals surface area contributed by atoms with Crippen molar-refractivity contribution < 1.29 is 13.4 Å². The van der Waals surface area contributed by atoms with Gasteiger partial charge in [-0.3, -0.25) is 9.00 Å². The van der Waals surface area contributed by atoms with E-state index in [1.165, 1.54) is 25.3 Å². The second kappa shape index (κ2) is 8.42. The Hall–Kier alpha value is -1.23. The van der Waals surface area contributed by atoms with E-state index < -0.39 is 16.0 Å². The predicted molar refractivity (Wildman–Crippen MR) is 87.3 cm³/mol. The van der Waals surface area contributed by atoms with Gasteiger partial charge in [0.05, 0.1) is 5.75 Å². The van der Waals surface area contributed by atoms with Crippen LogP contribution in [0.5, 0.6) is 0 Å². The number of amides is 1. The smallest absolute Gasteiger partial charge is 0.235 e. The van der Waals surface area contributed by atoms with Gasteiger partial charge in [-0.25, -0.2) is 4.39 Å². The van der Waals surface area contributed by atoms with Crippen LogP contribution < -0.4 is 5.32 Å². The van der Waals surface area contributed by atoms with Crippen molar-refractivity contribution in [1.29, 1.82) is 0 Å². The molecule has 0 heterocycles. The molecule has 1 aromatic rings. The highest BCUT2D eigenvalue weighted by Crippen LogP contribution is 2.22. The molecule has 1 saturated carbocycles. The summed E-state index contributed by atoms with van der Waals surface area (Å²) in [7, 11) is -1.41. The summed E-state index contributed by atoms with van der Waals surface area (Å²) in [6.07, 6.45) is 6.07. The van der Waals surface area contributed by atoms with E-state index in [9.17, 15) is 13.4 Å². The van der Waals surface area contributed by atoms with Gasteiger partial charge >= 0.3 is 0 Å². The summed E-state index contributed by atoms with van der Waals surface area (Å²) in [5.74, 6) is 0.0563. The molecule has 2 unspecified atom stereocenters. The van der Waals surface area contributed by atoms with Gasteiger partial charge in [0.15, 0.2) is 0 Å². The van der Waals surface area contributed by atoms with Crippen molar-refractivity contribution in [3.05, 3.63) is 35.6 Å². The molecule has 0 saturated heterocycles. The van der Waals surface area contributed by atoms with Crippen LogP contribution in [0.25, 0.3) is 0 Å². The third-order valence-corrected chi connectivity index (χ3v) is 5.91. The monoisotopic (exact) mass is 325 g/mol. The van der Waals surface area contributed by atoms with Crippen molar-refractivity contribution in [1.82, 2.24) is 5.32 Å². The topological polar surface area (TPSA) is 46.2 Å². The minimum absolute atomic E-state index is 0.0741. The number of benzene rings is 1. The largest absolute Gasteiger partial charge is 0.355 e. The molecule has 0 radical (unpaired) electrons. The van der Waals surface area contributed by atoms with E-state index in [4.69, 9.17) is 0 Å². The van der Waals surface area contributed by atoms with E-state index in [1.54, 1.807) is 25.1 Å². The highest BCUT2D eigenvalue weighted by atomic mass is 32.2. The zero-order chi connectivity index (χ0) is 15.9. The van der Waals surface area contributed by atoms with E-state index >= 15 is 0 Å². The molecule has 1 aliphatic carbocycles. The number of halogens is 1. The van der Waals surface area contributed by atoms with Gasteiger partial charge < -0.3 is 5.32 Å². The lowest BCUT2D eigenvalue weighted by molar-refractivity contribution is -0.120. The first-order valence-corrected chi connectivity index (χ1v) is 9.34. The Morgan fingerprint density at radius 2 is 2.00 bits per heavy atom. The zero-order valence-corrected chi connectivity index (χ0v) is 13.8. The van der Waals surface area contributed by atoms with Crippen molar-refractivity contribution in [2.24, 2.45) is 5.92 Å². The van der Waals surface area contributed by atoms with Gasteiger partial charge in [0.1, 0.15) is 11.1 Å². The maximum atomic E-state index is 13.6. The molecule has 0 bridgehead atoms. The molecule has 1 amide bonds. The van der Waals surface area contributed by atoms with E-state index in [2.05, 4.69) is 5.32 Å². The molecule has 1 aliphatic rings. The zero-order valence-electron chi connectivity index (χ0n) is 13.0. The van der Waals surface area contributed by atoms with Crippen molar-refractivity contribution in [2.45, 2.75) is 50.0 Å². The second-order valence-corrected chi connectivity index (χ2v) is 7.77. The Bertz CT molecular complexity index is 529. The lowest BCUT2D eigenvalue weighted by Gasteiger charge is -2.22. The van der Waals surface area contributed by atoms with Gasteiger partial charge in [0, 0.05) is 22.9 Å². The maximum absolute atomic E-state index is 13.6. The maximum Gasteiger partial charge on any atom is 0.235 e. The van der Waals surface area contributed by atoms with E-state index in [1.807, 2.05) is 0 Å². The Kier molecular flexibility index (Phi) is 6.55. The predicted octanol–water partition coefficient (Wildman–Crippen LogP) is 3.16. The molecule has 1 aromatic carbocycles. The first-order valence-electron chi connectivity index (χ1n) is 7.96. The summed E-state index contributed by atoms with van der Waals surface area (Å²) in [6.45, 7) is 2.31. The van der Waals surface area contributed by atoms with Gasteiger partial charge in [-0.15, -0.1) is 0 Å². The minimum Gasteiger partial charge on any atom is -0.355 e. The van der Waals surface area contributed by atoms with E-state index in [-0.39, 0.29) is 17.5 Å². The van der Waals surface area contributed by atoms with Gasteiger partial charge in [0.25, 0.3) is 0 Å². The number of carbonyl (C=O) groups is 1. The van der Waals surface area contributed by atoms with Gasteiger partial charge in [-0.05, 0) is 31.7 Å². The summed E-state index contributed by atoms with van der Waals surface area (Å²) in [5.41, 5.74) is 0.396. The molecule has 22 heavy (non-hydrogen) atoms. The first-order chi connectivity index (χ1) is 10.6. The summed E-state index contributed by atoms with van der Waals surface area (Å²) < 4.78 is 25.8. The Morgan fingerprint density at radius 1 is 1.32 bits per heavy atom. The van der Waals surface area contributed by atoms with Crippen molar-refractivity contribution in [3.63, 3.8) is 0 Å². The standard InChI is InChI=1S/C17H24FNO2S/c1-13(17(20)19-11-14-7-3-2-4-8-14)22(21)12-15-9-5-6-10-16(15)18/h5-6,9-10,13-14H,2-4,7-8,11-12H2,1H3,(H,19,20). The van der Waals surface area contributed by atoms with Crippen LogP contribution in [0.3, 0.4) is 0 Å². The summed E-state index contributed by atoms with van der Waals surface area (Å²) in [4.78, 5) is 12.1. The molecule has 1 N–H and O–H groups in total. The molecular weight excluding hydrogens is 301 g/mol. The average molecular weight is 325 g/mol.